The molecule has 84 valence electrons. The van der Waals surface area contributed by atoms with E-state index in [-0.39, 0.29) is 6.10 Å². The highest BCUT2D eigenvalue weighted by molar-refractivity contribution is 5.82. The lowest BCUT2D eigenvalue weighted by atomic mass is 10.3. The largest absolute Gasteiger partial charge is 0.385 e. The van der Waals surface area contributed by atoms with Crippen molar-refractivity contribution in [3.05, 3.63) is 12.3 Å². The Hall–Kier alpha value is -1.07. The number of nitrogens with zero attached hydrogens (tertiary/aromatic N) is 2. The van der Waals surface area contributed by atoms with Crippen molar-refractivity contribution in [2.24, 2.45) is 10.8 Å². The van der Waals surface area contributed by atoms with E-state index in [1.54, 1.807) is 5.01 Å². The third-order valence-electron chi connectivity index (χ3n) is 2.32. The summed E-state index contributed by atoms with van der Waals surface area (Å²) in [6, 6.07) is 0. The molecule has 2 rings (SSSR count). The van der Waals surface area contributed by atoms with Gasteiger partial charge in [-0.2, -0.15) is 5.10 Å². The Balaban J connectivity index is 1.88. The fourth-order valence-electron chi connectivity index (χ4n) is 1.70. The van der Waals surface area contributed by atoms with Gasteiger partial charge in [-0.15, -0.1) is 0 Å². The van der Waals surface area contributed by atoms with Crippen molar-refractivity contribution in [2.45, 2.75) is 32.2 Å². The molecule has 5 heteroatoms. The van der Waals surface area contributed by atoms with Crippen LogP contribution in [0.4, 0.5) is 0 Å². The van der Waals surface area contributed by atoms with E-state index in [1.165, 1.54) is 0 Å². The molecule has 1 fully saturated rings. The predicted molar refractivity (Wildman–Crippen MR) is 57.0 cm³/mol. The van der Waals surface area contributed by atoms with Crippen LogP contribution in [0.3, 0.4) is 0 Å². The van der Waals surface area contributed by atoms with E-state index in [0.29, 0.717) is 19.0 Å². The summed E-state index contributed by atoms with van der Waals surface area (Å²) in [6.07, 6.45) is 4.69. The molecule has 0 aliphatic carbocycles. The first-order chi connectivity index (χ1) is 7.05. The van der Waals surface area contributed by atoms with Crippen LogP contribution >= 0.6 is 0 Å². The van der Waals surface area contributed by atoms with Gasteiger partial charge in [-0.25, -0.2) is 0 Å². The molecule has 0 aromatic carbocycles. The molecule has 2 N–H and O–H groups in total. The Kier molecular flexibility index (Phi) is 2.67. The molecule has 2 aliphatic rings. The van der Waals surface area contributed by atoms with Crippen molar-refractivity contribution in [2.75, 3.05) is 13.2 Å². The van der Waals surface area contributed by atoms with Crippen LogP contribution in [-0.2, 0) is 9.47 Å². The van der Waals surface area contributed by atoms with Gasteiger partial charge in [-0.3, -0.25) is 5.01 Å². The van der Waals surface area contributed by atoms with Gasteiger partial charge in [0.25, 0.3) is 0 Å². The van der Waals surface area contributed by atoms with Gasteiger partial charge in [0.1, 0.15) is 11.9 Å². The number of amidine groups is 1. The molecule has 1 atom stereocenters. The number of hydrogen-bond donors (Lipinski definition) is 1. The molecule has 0 amide bonds. The van der Waals surface area contributed by atoms with E-state index < -0.39 is 5.79 Å². The molecule has 0 radical (unpaired) electrons. The van der Waals surface area contributed by atoms with E-state index >= 15 is 0 Å². The zero-order valence-corrected chi connectivity index (χ0v) is 9.14. The van der Waals surface area contributed by atoms with Gasteiger partial charge in [-0.05, 0) is 13.8 Å². The van der Waals surface area contributed by atoms with Gasteiger partial charge < -0.3 is 15.2 Å². The summed E-state index contributed by atoms with van der Waals surface area (Å²) in [7, 11) is 0. The van der Waals surface area contributed by atoms with Crippen LogP contribution in [0.15, 0.2) is 17.4 Å². The predicted octanol–water partition coefficient (Wildman–Crippen LogP) is 0.630. The highest BCUT2D eigenvalue weighted by Gasteiger charge is 2.33. The maximum atomic E-state index is 5.68. The van der Waals surface area contributed by atoms with Crippen molar-refractivity contribution < 1.29 is 9.47 Å². The van der Waals surface area contributed by atoms with Gasteiger partial charge in [0.15, 0.2) is 5.79 Å². The van der Waals surface area contributed by atoms with Crippen molar-refractivity contribution in [1.82, 2.24) is 5.01 Å². The van der Waals surface area contributed by atoms with Gasteiger partial charge >= 0.3 is 0 Å². The normalized spacial score (nSPS) is 29.3. The fourth-order valence-corrected chi connectivity index (χ4v) is 1.70. The Morgan fingerprint density at radius 1 is 1.67 bits per heavy atom. The molecular weight excluding hydrogens is 194 g/mol. The first kappa shape index (κ1) is 10.4. The summed E-state index contributed by atoms with van der Waals surface area (Å²) in [5.41, 5.74) is 5.64. The van der Waals surface area contributed by atoms with Crippen LogP contribution in [-0.4, -0.2) is 35.9 Å². The first-order valence-electron chi connectivity index (χ1n) is 5.13. The monoisotopic (exact) mass is 211 g/mol. The number of hydrogen-bond acceptors (Lipinski definition) is 5. The summed E-state index contributed by atoms with van der Waals surface area (Å²) < 4.78 is 11.1. The zero-order valence-electron chi connectivity index (χ0n) is 9.14. The molecule has 2 aliphatic heterocycles. The first-order valence-corrected chi connectivity index (χ1v) is 5.13. The lowest BCUT2D eigenvalue weighted by Crippen LogP contribution is -2.31. The molecule has 0 aromatic heterocycles. The maximum absolute atomic E-state index is 5.68. The van der Waals surface area contributed by atoms with Crippen molar-refractivity contribution in [3.8, 4) is 0 Å². The van der Waals surface area contributed by atoms with E-state index in [4.69, 9.17) is 15.2 Å². The second-order valence-electron chi connectivity index (χ2n) is 4.25. The van der Waals surface area contributed by atoms with Crippen LogP contribution in [0.1, 0.15) is 20.3 Å². The smallest absolute Gasteiger partial charge is 0.163 e. The van der Waals surface area contributed by atoms with Crippen LogP contribution in [0.25, 0.3) is 0 Å². The topological polar surface area (TPSA) is 60.1 Å². The minimum atomic E-state index is -0.473. The second-order valence-corrected chi connectivity index (χ2v) is 4.25. The second kappa shape index (κ2) is 3.83. The Bertz CT molecular complexity index is 299. The SMILES string of the molecule is CC1(C)OC[C@@H](CN2C=CCC(N)=N2)O1. The number of rotatable bonds is 2. The molecule has 0 bridgehead atoms. The quantitative estimate of drug-likeness (QED) is 0.727. The average molecular weight is 211 g/mol. The van der Waals surface area contributed by atoms with E-state index in [9.17, 15) is 0 Å². The lowest BCUT2D eigenvalue weighted by molar-refractivity contribution is -0.139. The average Bonchev–Trinajstić information content (AvgIpc) is 2.45. The molecule has 15 heavy (non-hydrogen) atoms. The Morgan fingerprint density at radius 3 is 3.07 bits per heavy atom. The van der Waals surface area contributed by atoms with Gasteiger partial charge in [0.2, 0.25) is 0 Å². The van der Waals surface area contributed by atoms with Crippen molar-refractivity contribution >= 4 is 5.84 Å². The summed E-state index contributed by atoms with van der Waals surface area (Å²) in [5, 5.41) is 6.00. The van der Waals surface area contributed by atoms with Gasteiger partial charge in [-0.1, -0.05) is 6.08 Å². The zero-order chi connectivity index (χ0) is 10.9. The third-order valence-corrected chi connectivity index (χ3v) is 2.32. The van der Waals surface area contributed by atoms with E-state index in [2.05, 4.69) is 5.10 Å². The highest BCUT2D eigenvalue weighted by Crippen LogP contribution is 2.23. The summed E-state index contributed by atoms with van der Waals surface area (Å²) in [6.45, 7) is 5.11. The van der Waals surface area contributed by atoms with Crippen LogP contribution in [0, 0.1) is 0 Å². The maximum Gasteiger partial charge on any atom is 0.163 e. The summed E-state index contributed by atoms with van der Waals surface area (Å²) in [4.78, 5) is 0. The molecule has 5 nitrogen and oxygen atoms in total. The van der Waals surface area contributed by atoms with Crippen LogP contribution in [0.2, 0.25) is 0 Å². The third kappa shape index (κ3) is 2.70. The number of hydrazone groups is 1. The van der Waals surface area contributed by atoms with E-state index in [0.717, 1.165) is 6.42 Å². The Morgan fingerprint density at radius 2 is 2.47 bits per heavy atom. The molecule has 0 aromatic rings. The van der Waals surface area contributed by atoms with Gasteiger partial charge in [0, 0.05) is 12.6 Å². The summed E-state index contributed by atoms with van der Waals surface area (Å²) >= 11 is 0. The van der Waals surface area contributed by atoms with E-state index in [1.807, 2.05) is 26.1 Å². The standard InChI is InChI=1S/C10H17N3O2/c1-10(2)14-7-8(15-10)6-13-5-3-4-9(11)12-13/h3,5,8H,4,6-7H2,1-2H3,(H2,11,12)/t8-/m1/s1. The molecule has 1 saturated heterocycles. The lowest BCUT2D eigenvalue weighted by Gasteiger charge is -2.22. The van der Waals surface area contributed by atoms with Crippen LogP contribution < -0.4 is 5.73 Å². The van der Waals surface area contributed by atoms with Crippen LogP contribution in [0.5, 0.6) is 0 Å². The summed E-state index contributed by atoms with van der Waals surface area (Å²) in [5.74, 6) is 0.162. The number of nitrogens with two attached hydrogens (primary N) is 1. The fraction of sp³-hybridized carbons (Fsp3) is 0.700. The molecule has 0 unspecified atom stereocenters. The molecule has 2 heterocycles. The van der Waals surface area contributed by atoms with Crippen molar-refractivity contribution in [3.63, 3.8) is 0 Å². The number of ether oxygens (including phenoxy) is 2. The molecule has 0 spiro atoms. The highest BCUT2D eigenvalue weighted by atomic mass is 16.7. The van der Waals surface area contributed by atoms with Gasteiger partial charge in [0.05, 0.1) is 13.2 Å². The molecule has 0 saturated carbocycles. The molecular formula is C10H17N3O2. The van der Waals surface area contributed by atoms with Crippen molar-refractivity contribution in [1.29, 1.82) is 0 Å². The minimum Gasteiger partial charge on any atom is -0.385 e. The minimum absolute atomic E-state index is 0.0549. The Labute approximate surface area is 89.5 Å².